The Morgan fingerprint density at radius 3 is 2.82 bits per heavy atom. The highest BCUT2D eigenvalue weighted by Crippen LogP contribution is 2.19. The largest absolute Gasteiger partial charge is 0.307 e. The Balaban J connectivity index is 2.23. The molecule has 1 amide bonds. The van der Waals surface area contributed by atoms with Crippen molar-refractivity contribution in [2.45, 2.75) is 0 Å². The summed E-state index contributed by atoms with van der Waals surface area (Å²) in [5.41, 5.74) is 0.448. The van der Waals surface area contributed by atoms with Gasteiger partial charge in [0.05, 0.1) is 10.6 Å². The maximum absolute atomic E-state index is 11.9. The Labute approximate surface area is 117 Å². The van der Waals surface area contributed by atoms with Crippen molar-refractivity contribution in [3.8, 4) is 0 Å². The van der Waals surface area contributed by atoms with E-state index in [-0.39, 0.29) is 5.91 Å². The lowest BCUT2D eigenvalue weighted by molar-refractivity contribution is 0.102. The van der Waals surface area contributed by atoms with E-state index in [9.17, 15) is 4.79 Å². The van der Waals surface area contributed by atoms with Crippen molar-refractivity contribution in [3.63, 3.8) is 0 Å². The van der Waals surface area contributed by atoms with E-state index in [0.29, 0.717) is 16.4 Å². The molecule has 0 radical (unpaired) electrons. The van der Waals surface area contributed by atoms with E-state index in [0.717, 1.165) is 3.57 Å². The molecule has 2 rings (SSSR count). The molecule has 0 spiro atoms. The van der Waals surface area contributed by atoms with Crippen LogP contribution in [0.2, 0.25) is 5.02 Å². The molecule has 1 aromatic carbocycles. The molecular formula is C12H8ClIN2O. The zero-order valence-electron chi connectivity index (χ0n) is 8.65. The molecule has 0 saturated heterocycles. The Morgan fingerprint density at radius 1 is 1.29 bits per heavy atom. The van der Waals surface area contributed by atoms with Gasteiger partial charge < -0.3 is 5.32 Å². The van der Waals surface area contributed by atoms with Gasteiger partial charge >= 0.3 is 0 Å². The molecular weight excluding hydrogens is 351 g/mol. The second-order valence-corrected chi connectivity index (χ2v) is 4.95. The maximum atomic E-state index is 11.9. The van der Waals surface area contributed by atoms with Gasteiger partial charge in [0.1, 0.15) is 5.82 Å². The summed E-state index contributed by atoms with van der Waals surface area (Å²) in [5.74, 6) is 0.250. The predicted octanol–water partition coefficient (Wildman–Crippen LogP) is 3.59. The molecule has 3 nitrogen and oxygen atoms in total. The quantitative estimate of drug-likeness (QED) is 0.834. The fraction of sp³-hybridized carbons (Fsp3) is 0. The molecule has 0 saturated carbocycles. The lowest BCUT2D eigenvalue weighted by Crippen LogP contribution is -2.13. The van der Waals surface area contributed by atoms with E-state index in [2.05, 4.69) is 32.9 Å². The van der Waals surface area contributed by atoms with Crippen molar-refractivity contribution in [3.05, 3.63) is 56.8 Å². The van der Waals surface area contributed by atoms with Crippen LogP contribution in [0.4, 0.5) is 5.82 Å². The second-order valence-electron chi connectivity index (χ2n) is 3.29. The van der Waals surface area contributed by atoms with Crippen LogP contribution in [0.3, 0.4) is 0 Å². The van der Waals surface area contributed by atoms with Crippen LogP contribution in [0.1, 0.15) is 10.4 Å². The molecule has 0 unspecified atom stereocenters. The van der Waals surface area contributed by atoms with Crippen molar-refractivity contribution in [2.75, 3.05) is 5.32 Å². The highest BCUT2D eigenvalue weighted by molar-refractivity contribution is 14.1. The zero-order chi connectivity index (χ0) is 12.3. The van der Waals surface area contributed by atoms with Gasteiger partial charge in [-0.3, -0.25) is 4.79 Å². The predicted molar refractivity (Wildman–Crippen MR) is 76.4 cm³/mol. The van der Waals surface area contributed by atoms with Gasteiger partial charge in [-0.1, -0.05) is 17.7 Å². The third-order valence-electron chi connectivity index (χ3n) is 2.08. The molecule has 1 aromatic heterocycles. The fourth-order valence-electron chi connectivity index (χ4n) is 1.29. The van der Waals surface area contributed by atoms with Crippen LogP contribution in [0.15, 0.2) is 42.6 Å². The van der Waals surface area contributed by atoms with E-state index in [1.165, 1.54) is 0 Å². The SMILES string of the molecule is O=C(Nc1ccccn1)c1cc(I)ccc1Cl. The molecule has 1 heterocycles. The van der Waals surface area contributed by atoms with Crippen LogP contribution in [-0.4, -0.2) is 10.9 Å². The number of anilines is 1. The number of nitrogens with zero attached hydrogens (tertiary/aromatic N) is 1. The van der Waals surface area contributed by atoms with Gasteiger partial charge in [0.15, 0.2) is 0 Å². The number of rotatable bonds is 2. The molecule has 0 aliphatic carbocycles. The molecule has 0 fully saturated rings. The summed E-state index contributed by atoms with van der Waals surface area (Å²) in [4.78, 5) is 16.0. The second kappa shape index (κ2) is 5.46. The number of benzene rings is 1. The average molecular weight is 359 g/mol. The molecule has 1 N–H and O–H groups in total. The molecule has 0 bridgehead atoms. The number of halogens is 2. The van der Waals surface area contributed by atoms with Crippen LogP contribution >= 0.6 is 34.2 Å². The number of pyridine rings is 1. The van der Waals surface area contributed by atoms with E-state index in [4.69, 9.17) is 11.6 Å². The topological polar surface area (TPSA) is 42.0 Å². The van der Waals surface area contributed by atoms with Crippen LogP contribution in [-0.2, 0) is 0 Å². The number of aromatic nitrogens is 1. The zero-order valence-corrected chi connectivity index (χ0v) is 11.6. The Hall–Kier alpha value is -1.14. The van der Waals surface area contributed by atoms with Crippen molar-refractivity contribution in [1.29, 1.82) is 0 Å². The van der Waals surface area contributed by atoms with E-state index < -0.39 is 0 Å². The first-order valence-corrected chi connectivity index (χ1v) is 6.30. The molecule has 2 aromatic rings. The third-order valence-corrected chi connectivity index (χ3v) is 3.08. The van der Waals surface area contributed by atoms with Gasteiger partial charge in [0.2, 0.25) is 0 Å². The molecule has 5 heteroatoms. The first-order valence-electron chi connectivity index (χ1n) is 4.84. The number of carbonyl (C=O) groups is 1. The number of hydrogen-bond acceptors (Lipinski definition) is 2. The standard InChI is InChI=1S/C12H8ClIN2O/c13-10-5-4-8(14)7-9(10)12(17)16-11-3-1-2-6-15-11/h1-7H,(H,15,16,17). The number of carbonyl (C=O) groups excluding carboxylic acids is 1. The highest BCUT2D eigenvalue weighted by Gasteiger charge is 2.11. The normalized spacial score (nSPS) is 10.0. The summed E-state index contributed by atoms with van der Waals surface area (Å²) >= 11 is 8.10. The molecule has 0 aliphatic rings. The van der Waals surface area contributed by atoms with Crippen molar-refractivity contribution >= 4 is 45.9 Å². The average Bonchev–Trinajstić information content (AvgIpc) is 2.33. The number of amides is 1. The smallest absolute Gasteiger partial charge is 0.258 e. The summed E-state index contributed by atoms with van der Waals surface area (Å²) in [6.45, 7) is 0. The number of nitrogens with one attached hydrogen (secondary N) is 1. The van der Waals surface area contributed by atoms with Crippen LogP contribution in [0.25, 0.3) is 0 Å². The maximum Gasteiger partial charge on any atom is 0.258 e. The monoisotopic (exact) mass is 358 g/mol. The van der Waals surface area contributed by atoms with Gasteiger partial charge in [-0.2, -0.15) is 0 Å². The van der Waals surface area contributed by atoms with Crippen LogP contribution < -0.4 is 5.32 Å². The van der Waals surface area contributed by atoms with E-state index in [1.807, 2.05) is 6.07 Å². The minimum atomic E-state index is -0.257. The summed E-state index contributed by atoms with van der Waals surface area (Å²) in [6, 6.07) is 10.6. The highest BCUT2D eigenvalue weighted by atomic mass is 127. The molecule has 0 atom stereocenters. The minimum absolute atomic E-state index is 0.257. The first kappa shape index (κ1) is 12.3. The lowest BCUT2D eigenvalue weighted by Gasteiger charge is -2.06. The lowest BCUT2D eigenvalue weighted by atomic mass is 10.2. The van der Waals surface area contributed by atoms with Gasteiger partial charge in [-0.05, 0) is 52.9 Å². The van der Waals surface area contributed by atoms with Gasteiger partial charge in [-0.25, -0.2) is 4.98 Å². The Kier molecular flexibility index (Phi) is 3.96. The van der Waals surface area contributed by atoms with Crippen molar-refractivity contribution in [1.82, 2.24) is 4.98 Å². The molecule has 17 heavy (non-hydrogen) atoms. The van der Waals surface area contributed by atoms with Crippen LogP contribution in [0.5, 0.6) is 0 Å². The molecule has 86 valence electrons. The fourth-order valence-corrected chi connectivity index (χ4v) is 1.99. The third kappa shape index (κ3) is 3.17. The summed E-state index contributed by atoms with van der Waals surface area (Å²) in [6.07, 6.45) is 1.62. The van der Waals surface area contributed by atoms with E-state index in [1.54, 1.807) is 36.5 Å². The van der Waals surface area contributed by atoms with Crippen LogP contribution in [0, 0.1) is 3.57 Å². The Morgan fingerprint density at radius 2 is 2.12 bits per heavy atom. The number of hydrogen-bond donors (Lipinski definition) is 1. The summed E-state index contributed by atoms with van der Waals surface area (Å²) < 4.78 is 0.957. The molecule has 0 aliphatic heterocycles. The first-order chi connectivity index (χ1) is 8.16. The van der Waals surface area contributed by atoms with Crippen molar-refractivity contribution < 1.29 is 4.79 Å². The van der Waals surface area contributed by atoms with Gasteiger partial charge in [0.25, 0.3) is 5.91 Å². The summed E-state index contributed by atoms with van der Waals surface area (Å²) in [5, 5.41) is 3.12. The van der Waals surface area contributed by atoms with Gasteiger partial charge in [0, 0.05) is 9.77 Å². The van der Waals surface area contributed by atoms with E-state index >= 15 is 0 Å². The minimum Gasteiger partial charge on any atom is -0.307 e. The van der Waals surface area contributed by atoms with Crippen molar-refractivity contribution in [2.24, 2.45) is 0 Å². The Bertz CT molecular complexity index is 545. The summed E-state index contributed by atoms with van der Waals surface area (Å²) in [7, 11) is 0. The van der Waals surface area contributed by atoms with Gasteiger partial charge in [-0.15, -0.1) is 0 Å².